The van der Waals surface area contributed by atoms with Crippen LogP contribution in [0.2, 0.25) is 0 Å². The molecule has 3 nitrogen and oxygen atoms in total. The molecule has 0 aromatic heterocycles. The smallest absolute Gasteiger partial charge is 0.0788 e. The van der Waals surface area contributed by atoms with Crippen LogP contribution in [0, 0.1) is 0 Å². The van der Waals surface area contributed by atoms with Crippen molar-refractivity contribution in [2.45, 2.75) is 18.9 Å². The van der Waals surface area contributed by atoms with E-state index in [1.54, 1.807) is 0 Å². The number of aliphatic hydroxyl groups excluding tert-OH is 1. The van der Waals surface area contributed by atoms with Gasteiger partial charge >= 0.3 is 0 Å². The fraction of sp³-hybridized carbons (Fsp3) is 0.368. The van der Waals surface area contributed by atoms with Crippen molar-refractivity contribution in [3.63, 3.8) is 0 Å². The lowest BCUT2D eigenvalue weighted by molar-refractivity contribution is 0.169. The first kappa shape index (κ1) is 16.7. The molecule has 0 heterocycles. The predicted octanol–water partition coefficient (Wildman–Crippen LogP) is 2.01. The Morgan fingerprint density at radius 2 is 1.09 bits per heavy atom. The fourth-order valence-electron chi connectivity index (χ4n) is 2.36. The van der Waals surface area contributed by atoms with E-state index >= 15 is 0 Å². The van der Waals surface area contributed by atoms with E-state index < -0.39 is 0 Å². The number of aliphatic hydroxyl groups is 1. The van der Waals surface area contributed by atoms with E-state index in [9.17, 15) is 5.11 Å². The van der Waals surface area contributed by atoms with E-state index in [0.29, 0.717) is 13.1 Å². The molecule has 118 valence electrons. The van der Waals surface area contributed by atoms with Gasteiger partial charge in [0.2, 0.25) is 0 Å². The van der Waals surface area contributed by atoms with Crippen LogP contribution in [0.1, 0.15) is 11.1 Å². The fourth-order valence-corrected chi connectivity index (χ4v) is 2.36. The van der Waals surface area contributed by atoms with Crippen LogP contribution in [0.15, 0.2) is 60.7 Å². The second-order valence-electron chi connectivity index (χ2n) is 5.53. The van der Waals surface area contributed by atoms with E-state index in [1.165, 1.54) is 11.1 Å². The lowest BCUT2D eigenvalue weighted by Gasteiger charge is -2.13. The minimum absolute atomic E-state index is 0.341. The second-order valence-corrected chi connectivity index (χ2v) is 5.53. The summed E-state index contributed by atoms with van der Waals surface area (Å²) in [4.78, 5) is 0. The molecule has 3 N–H and O–H groups in total. The molecular weight excluding hydrogens is 272 g/mol. The largest absolute Gasteiger partial charge is 0.390 e. The SMILES string of the molecule is OC(CNCCc1ccccc1)CNCCc1ccccc1. The van der Waals surface area contributed by atoms with Crippen molar-refractivity contribution >= 4 is 0 Å². The first-order chi connectivity index (χ1) is 10.8. The molecule has 3 heteroatoms. The summed E-state index contributed by atoms with van der Waals surface area (Å²) in [6.45, 7) is 3.05. The third kappa shape index (κ3) is 6.85. The molecule has 0 atom stereocenters. The average Bonchev–Trinajstić information content (AvgIpc) is 2.57. The van der Waals surface area contributed by atoms with Gasteiger partial charge in [-0.1, -0.05) is 60.7 Å². The van der Waals surface area contributed by atoms with Crippen LogP contribution < -0.4 is 10.6 Å². The Hall–Kier alpha value is -1.68. The minimum Gasteiger partial charge on any atom is -0.390 e. The summed E-state index contributed by atoms with van der Waals surface area (Å²) in [5.41, 5.74) is 2.65. The average molecular weight is 298 g/mol. The highest BCUT2D eigenvalue weighted by molar-refractivity contribution is 5.15. The highest BCUT2D eigenvalue weighted by atomic mass is 16.3. The summed E-state index contributed by atoms with van der Waals surface area (Å²) >= 11 is 0. The van der Waals surface area contributed by atoms with E-state index in [1.807, 2.05) is 12.1 Å². The maximum Gasteiger partial charge on any atom is 0.0788 e. The summed E-state index contributed by atoms with van der Waals surface area (Å²) < 4.78 is 0. The van der Waals surface area contributed by atoms with E-state index in [0.717, 1.165) is 25.9 Å². The second kappa shape index (κ2) is 10.1. The van der Waals surface area contributed by atoms with E-state index in [2.05, 4.69) is 59.2 Å². The van der Waals surface area contributed by atoms with Crippen molar-refractivity contribution in [2.24, 2.45) is 0 Å². The van der Waals surface area contributed by atoms with Gasteiger partial charge in [-0.05, 0) is 37.1 Å². The summed E-state index contributed by atoms with van der Waals surface area (Å²) in [6, 6.07) is 20.8. The Bertz CT molecular complexity index is 454. The molecule has 0 bridgehead atoms. The third-order valence-corrected chi connectivity index (χ3v) is 3.63. The van der Waals surface area contributed by atoms with E-state index in [4.69, 9.17) is 0 Å². The van der Waals surface area contributed by atoms with Crippen LogP contribution in [-0.2, 0) is 12.8 Å². The third-order valence-electron chi connectivity index (χ3n) is 3.63. The molecule has 0 saturated heterocycles. The maximum absolute atomic E-state index is 9.92. The van der Waals surface area contributed by atoms with Crippen LogP contribution >= 0.6 is 0 Å². The van der Waals surface area contributed by atoms with Gasteiger partial charge in [-0.25, -0.2) is 0 Å². The Labute approximate surface area is 133 Å². The molecular formula is C19H26N2O. The topological polar surface area (TPSA) is 44.3 Å². The van der Waals surface area contributed by atoms with Crippen molar-refractivity contribution in [3.8, 4) is 0 Å². The number of benzene rings is 2. The quantitative estimate of drug-likeness (QED) is 0.588. The predicted molar refractivity (Wildman–Crippen MR) is 92.0 cm³/mol. The number of hydrogen-bond acceptors (Lipinski definition) is 3. The first-order valence-electron chi connectivity index (χ1n) is 8.02. The lowest BCUT2D eigenvalue weighted by Crippen LogP contribution is -2.36. The van der Waals surface area contributed by atoms with Gasteiger partial charge in [0.25, 0.3) is 0 Å². The Morgan fingerprint density at radius 3 is 1.50 bits per heavy atom. The van der Waals surface area contributed by atoms with Gasteiger partial charge in [-0.2, -0.15) is 0 Å². The van der Waals surface area contributed by atoms with Gasteiger partial charge in [-0.3, -0.25) is 0 Å². The molecule has 0 fully saturated rings. The molecule has 0 aliphatic carbocycles. The summed E-state index contributed by atoms with van der Waals surface area (Å²) in [7, 11) is 0. The Kier molecular flexibility index (Phi) is 7.67. The molecule has 0 saturated carbocycles. The number of nitrogens with one attached hydrogen (secondary N) is 2. The van der Waals surface area contributed by atoms with Crippen LogP contribution in [0.4, 0.5) is 0 Å². The first-order valence-corrected chi connectivity index (χ1v) is 8.02. The molecule has 0 aliphatic heterocycles. The van der Waals surface area contributed by atoms with E-state index in [-0.39, 0.29) is 6.10 Å². The molecule has 22 heavy (non-hydrogen) atoms. The Balaban J connectivity index is 1.48. The summed E-state index contributed by atoms with van der Waals surface area (Å²) in [5, 5.41) is 16.5. The number of hydrogen-bond donors (Lipinski definition) is 3. The lowest BCUT2D eigenvalue weighted by atomic mass is 10.1. The molecule has 0 spiro atoms. The standard InChI is InChI=1S/C19H26N2O/c22-19(15-20-13-11-17-7-3-1-4-8-17)16-21-14-12-18-9-5-2-6-10-18/h1-10,19-22H,11-16H2. The van der Waals surface area contributed by atoms with Gasteiger partial charge in [-0.15, -0.1) is 0 Å². The molecule has 0 unspecified atom stereocenters. The van der Waals surface area contributed by atoms with Crippen LogP contribution in [0.3, 0.4) is 0 Å². The Morgan fingerprint density at radius 1 is 0.682 bits per heavy atom. The zero-order chi connectivity index (χ0) is 15.5. The molecule has 2 rings (SSSR count). The monoisotopic (exact) mass is 298 g/mol. The summed E-state index contributed by atoms with van der Waals surface area (Å²) in [5.74, 6) is 0. The van der Waals surface area contributed by atoms with Gasteiger partial charge < -0.3 is 15.7 Å². The van der Waals surface area contributed by atoms with Crippen LogP contribution in [0.25, 0.3) is 0 Å². The normalized spacial score (nSPS) is 11.0. The van der Waals surface area contributed by atoms with Crippen molar-refractivity contribution in [1.29, 1.82) is 0 Å². The molecule has 0 radical (unpaired) electrons. The zero-order valence-corrected chi connectivity index (χ0v) is 13.0. The molecule has 0 aliphatic rings. The van der Waals surface area contributed by atoms with Gasteiger partial charge in [0.05, 0.1) is 6.10 Å². The van der Waals surface area contributed by atoms with Crippen molar-refractivity contribution in [2.75, 3.05) is 26.2 Å². The highest BCUT2D eigenvalue weighted by Gasteiger charge is 2.02. The van der Waals surface area contributed by atoms with Crippen LogP contribution in [0.5, 0.6) is 0 Å². The minimum atomic E-state index is -0.341. The zero-order valence-electron chi connectivity index (χ0n) is 13.0. The summed E-state index contributed by atoms with van der Waals surface area (Å²) in [6.07, 6.45) is 1.65. The number of rotatable bonds is 10. The molecule has 2 aromatic rings. The van der Waals surface area contributed by atoms with Gasteiger partial charge in [0.1, 0.15) is 0 Å². The highest BCUT2D eigenvalue weighted by Crippen LogP contribution is 1.99. The van der Waals surface area contributed by atoms with Crippen molar-refractivity contribution < 1.29 is 5.11 Å². The molecule has 0 amide bonds. The van der Waals surface area contributed by atoms with Crippen LogP contribution in [-0.4, -0.2) is 37.4 Å². The van der Waals surface area contributed by atoms with Gasteiger partial charge in [0.15, 0.2) is 0 Å². The molecule has 2 aromatic carbocycles. The van der Waals surface area contributed by atoms with Crippen molar-refractivity contribution in [3.05, 3.63) is 71.8 Å². The maximum atomic E-state index is 9.92. The van der Waals surface area contributed by atoms with Crippen molar-refractivity contribution in [1.82, 2.24) is 10.6 Å². The van der Waals surface area contributed by atoms with Gasteiger partial charge in [0, 0.05) is 13.1 Å².